The molecule has 0 bridgehead atoms. The SMILES string of the molecule is C[C@H](NS(=O)(=O)N(C)C)c1nc(-c2ccc(C(F)(F)F)cc2)no1. The van der Waals surface area contributed by atoms with Crippen LogP contribution in [0.25, 0.3) is 11.4 Å². The number of hydrogen-bond acceptors (Lipinski definition) is 5. The van der Waals surface area contributed by atoms with Gasteiger partial charge < -0.3 is 4.52 Å². The molecule has 24 heavy (non-hydrogen) atoms. The van der Waals surface area contributed by atoms with E-state index in [4.69, 9.17) is 4.52 Å². The lowest BCUT2D eigenvalue weighted by molar-refractivity contribution is -0.137. The smallest absolute Gasteiger partial charge is 0.337 e. The van der Waals surface area contributed by atoms with Gasteiger partial charge in [0, 0.05) is 19.7 Å². The van der Waals surface area contributed by atoms with Crippen LogP contribution in [0.5, 0.6) is 0 Å². The van der Waals surface area contributed by atoms with E-state index in [2.05, 4.69) is 14.9 Å². The molecule has 0 aliphatic heterocycles. The minimum absolute atomic E-state index is 0.00433. The number of hydrogen-bond donors (Lipinski definition) is 1. The van der Waals surface area contributed by atoms with Gasteiger partial charge in [-0.1, -0.05) is 17.3 Å². The topological polar surface area (TPSA) is 88.3 Å². The van der Waals surface area contributed by atoms with Crippen LogP contribution in [0.1, 0.15) is 24.4 Å². The molecule has 0 unspecified atom stereocenters. The second-order valence-corrected chi connectivity index (χ2v) is 7.07. The fraction of sp³-hybridized carbons (Fsp3) is 0.385. The van der Waals surface area contributed by atoms with Crippen molar-refractivity contribution < 1.29 is 26.1 Å². The van der Waals surface area contributed by atoms with Crippen LogP contribution in [0.4, 0.5) is 13.2 Å². The van der Waals surface area contributed by atoms with Crippen molar-refractivity contribution in [2.45, 2.75) is 19.1 Å². The van der Waals surface area contributed by atoms with Crippen molar-refractivity contribution in [1.29, 1.82) is 0 Å². The third kappa shape index (κ3) is 4.10. The molecule has 1 N–H and O–H groups in total. The van der Waals surface area contributed by atoms with Gasteiger partial charge in [0.2, 0.25) is 11.7 Å². The number of halogens is 3. The standard InChI is InChI=1S/C13H15F3N4O3S/c1-8(19-24(21,22)20(2)3)12-17-11(18-23-12)9-4-6-10(7-5-9)13(14,15)16/h4-8,19H,1-3H3/t8-/m0/s1. The van der Waals surface area contributed by atoms with Crippen LogP contribution >= 0.6 is 0 Å². The van der Waals surface area contributed by atoms with Gasteiger partial charge in [-0.25, -0.2) is 0 Å². The summed E-state index contributed by atoms with van der Waals surface area (Å²) in [6, 6.07) is 3.44. The van der Waals surface area contributed by atoms with Crippen molar-refractivity contribution in [2.24, 2.45) is 0 Å². The average molecular weight is 364 g/mol. The highest BCUT2D eigenvalue weighted by atomic mass is 32.2. The maximum Gasteiger partial charge on any atom is 0.416 e. The lowest BCUT2D eigenvalue weighted by Crippen LogP contribution is -2.37. The molecular weight excluding hydrogens is 349 g/mol. The van der Waals surface area contributed by atoms with Crippen molar-refractivity contribution in [1.82, 2.24) is 19.2 Å². The fourth-order valence-corrected chi connectivity index (χ4v) is 2.47. The maximum absolute atomic E-state index is 12.5. The van der Waals surface area contributed by atoms with Crippen molar-refractivity contribution in [3.63, 3.8) is 0 Å². The van der Waals surface area contributed by atoms with Gasteiger partial charge in [0.25, 0.3) is 10.2 Å². The summed E-state index contributed by atoms with van der Waals surface area (Å²) in [5.74, 6) is 0.0601. The van der Waals surface area contributed by atoms with Crippen LogP contribution in [-0.4, -0.2) is 37.0 Å². The van der Waals surface area contributed by atoms with Crippen LogP contribution in [0.3, 0.4) is 0 Å². The first kappa shape index (κ1) is 18.4. The number of benzene rings is 1. The van der Waals surface area contributed by atoms with E-state index >= 15 is 0 Å². The summed E-state index contributed by atoms with van der Waals surface area (Å²) in [6.07, 6.45) is -4.43. The van der Waals surface area contributed by atoms with Crippen LogP contribution in [0, 0.1) is 0 Å². The van der Waals surface area contributed by atoms with E-state index in [0.29, 0.717) is 5.56 Å². The first-order chi connectivity index (χ1) is 11.0. The number of aromatic nitrogens is 2. The molecule has 1 heterocycles. The normalized spacial score (nSPS) is 14.1. The zero-order valence-electron chi connectivity index (χ0n) is 13.0. The molecule has 1 atom stereocenters. The van der Waals surface area contributed by atoms with E-state index in [-0.39, 0.29) is 11.7 Å². The summed E-state index contributed by atoms with van der Waals surface area (Å²) >= 11 is 0. The molecule has 0 fully saturated rings. The molecule has 132 valence electrons. The summed E-state index contributed by atoms with van der Waals surface area (Å²) in [4.78, 5) is 4.01. The molecule has 0 saturated heterocycles. The minimum atomic E-state index is -4.43. The summed E-state index contributed by atoms with van der Waals surface area (Å²) in [6.45, 7) is 1.51. The monoisotopic (exact) mass is 364 g/mol. The zero-order chi connectivity index (χ0) is 18.1. The quantitative estimate of drug-likeness (QED) is 0.879. The highest BCUT2D eigenvalue weighted by molar-refractivity contribution is 7.87. The van der Waals surface area contributed by atoms with Crippen molar-refractivity contribution in [2.75, 3.05) is 14.1 Å². The molecule has 0 radical (unpaired) electrons. The second kappa shape index (κ2) is 6.49. The highest BCUT2D eigenvalue weighted by Crippen LogP contribution is 2.30. The van der Waals surface area contributed by atoms with Gasteiger partial charge in [0.1, 0.15) is 0 Å². The lowest BCUT2D eigenvalue weighted by atomic mass is 10.1. The van der Waals surface area contributed by atoms with E-state index in [1.165, 1.54) is 33.2 Å². The molecule has 0 aliphatic rings. The van der Waals surface area contributed by atoms with Gasteiger partial charge in [-0.2, -0.15) is 35.6 Å². The Kier molecular flexibility index (Phi) is 4.97. The van der Waals surface area contributed by atoms with Gasteiger partial charge >= 0.3 is 6.18 Å². The molecule has 11 heteroatoms. The van der Waals surface area contributed by atoms with Crippen LogP contribution < -0.4 is 4.72 Å². The fourth-order valence-electron chi connectivity index (χ4n) is 1.72. The molecule has 0 amide bonds. The van der Waals surface area contributed by atoms with E-state index in [9.17, 15) is 21.6 Å². The number of nitrogens with one attached hydrogen (secondary N) is 1. The van der Waals surface area contributed by atoms with E-state index in [1.54, 1.807) is 0 Å². The zero-order valence-corrected chi connectivity index (χ0v) is 13.8. The predicted octanol–water partition coefficient (Wildman–Crippen LogP) is 2.21. The molecule has 0 aliphatic carbocycles. The summed E-state index contributed by atoms with van der Waals surface area (Å²) in [5.41, 5.74) is -0.470. The number of rotatable bonds is 5. The van der Waals surface area contributed by atoms with Crippen LogP contribution in [0.15, 0.2) is 28.8 Å². The van der Waals surface area contributed by atoms with Gasteiger partial charge in [0.15, 0.2) is 0 Å². The second-order valence-electron chi connectivity index (χ2n) is 5.16. The Morgan fingerprint density at radius 2 is 1.79 bits per heavy atom. The van der Waals surface area contributed by atoms with Crippen molar-refractivity contribution >= 4 is 10.2 Å². The maximum atomic E-state index is 12.5. The predicted molar refractivity (Wildman–Crippen MR) is 78.9 cm³/mol. The Hall–Kier alpha value is -1.98. The molecule has 1 aromatic heterocycles. The Bertz CT molecular complexity index is 801. The number of alkyl halides is 3. The minimum Gasteiger partial charge on any atom is -0.337 e. The molecule has 1 aromatic carbocycles. The van der Waals surface area contributed by atoms with Crippen molar-refractivity contribution in [3.8, 4) is 11.4 Å². The van der Waals surface area contributed by atoms with E-state index < -0.39 is 28.0 Å². The summed E-state index contributed by atoms with van der Waals surface area (Å²) in [7, 11) is -0.977. The molecule has 0 spiro atoms. The van der Waals surface area contributed by atoms with Gasteiger partial charge in [0.05, 0.1) is 11.6 Å². The third-order valence-corrected chi connectivity index (χ3v) is 4.70. The summed E-state index contributed by atoms with van der Waals surface area (Å²) in [5, 5.41) is 3.66. The Labute approximate surface area is 136 Å². The van der Waals surface area contributed by atoms with E-state index in [0.717, 1.165) is 16.4 Å². The highest BCUT2D eigenvalue weighted by Gasteiger charge is 2.30. The third-order valence-electron chi connectivity index (χ3n) is 3.09. The van der Waals surface area contributed by atoms with Gasteiger partial charge in [-0.05, 0) is 19.1 Å². The van der Waals surface area contributed by atoms with Crippen LogP contribution in [0.2, 0.25) is 0 Å². The number of nitrogens with zero attached hydrogens (tertiary/aromatic N) is 3. The van der Waals surface area contributed by atoms with Crippen LogP contribution in [-0.2, 0) is 16.4 Å². The molecule has 2 rings (SSSR count). The first-order valence-corrected chi connectivity index (χ1v) is 8.16. The Balaban J connectivity index is 2.19. The average Bonchev–Trinajstić information content (AvgIpc) is 2.95. The lowest BCUT2D eigenvalue weighted by Gasteiger charge is -2.14. The van der Waals surface area contributed by atoms with Gasteiger partial charge in [-0.3, -0.25) is 0 Å². The van der Waals surface area contributed by atoms with E-state index in [1.807, 2.05) is 0 Å². The van der Waals surface area contributed by atoms with Crippen molar-refractivity contribution in [3.05, 3.63) is 35.7 Å². The summed E-state index contributed by atoms with van der Waals surface area (Å²) < 4.78 is 69.4. The Morgan fingerprint density at radius 3 is 2.29 bits per heavy atom. The largest absolute Gasteiger partial charge is 0.416 e. The molecule has 7 nitrogen and oxygen atoms in total. The van der Waals surface area contributed by atoms with Gasteiger partial charge in [-0.15, -0.1) is 0 Å². The molecule has 0 saturated carbocycles. The molecule has 2 aromatic rings. The molecular formula is C13H15F3N4O3S. The first-order valence-electron chi connectivity index (χ1n) is 6.71. The Morgan fingerprint density at radius 1 is 1.21 bits per heavy atom.